The molecule has 0 aliphatic heterocycles. The standard InChI is InChI=1S/C10H15NO2/c1-6(2)9-8(10(12)13)7(3)5-11(9)4/h5-6H,1-4H3,(H,12,13). The van der Waals surface area contributed by atoms with Crippen molar-refractivity contribution in [1.29, 1.82) is 0 Å². The van der Waals surface area contributed by atoms with Crippen molar-refractivity contribution in [2.24, 2.45) is 7.05 Å². The highest BCUT2D eigenvalue weighted by Crippen LogP contribution is 2.23. The summed E-state index contributed by atoms with van der Waals surface area (Å²) in [5.74, 6) is -0.591. The molecule has 72 valence electrons. The van der Waals surface area contributed by atoms with Crippen LogP contribution in [0.4, 0.5) is 0 Å². The second-order valence-electron chi connectivity index (χ2n) is 3.64. The zero-order valence-electron chi connectivity index (χ0n) is 8.46. The minimum absolute atomic E-state index is 0.241. The van der Waals surface area contributed by atoms with Crippen LogP contribution < -0.4 is 0 Å². The van der Waals surface area contributed by atoms with Crippen molar-refractivity contribution in [2.75, 3.05) is 0 Å². The highest BCUT2D eigenvalue weighted by molar-refractivity contribution is 5.91. The molecule has 0 radical (unpaired) electrons. The molecule has 0 unspecified atom stereocenters. The average molecular weight is 181 g/mol. The topological polar surface area (TPSA) is 42.2 Å². The van der Waals surface area contributed by atoms with Crippen LogP contribution in [-0.4, -0.2) is 15.6 Å². The van der Waals surface area contributed by atoms with E-state index in [0.717, 1.165) is 11.3 Å². The summed E-state index contributed by atoms with van der Waals surface area (Å²) in [6, 6.07) is 0. The Balaban J connectivity index is 3.38. The molecular weight excluding hydrogens is 166 g/mol. The quantitative estimate of drug-likeness (QED) is 0.759. The van der Waals surface area contributed by atoms with E-state index in [2.05, 4.69) is 0 Å². The lowest BCUT2D eigenvalue weighted by atomic mass is 10.0. The molecule has 0 fully saturated rings. The van der Waals surface area contributed by atoms with E-state index in [1.54, 1.807) is 0 Å². The van der Waals surface area contributed by atoms with Crippen LogP contribution in [0.5, 0.6) is 0 Å². The number of rotatable bonds is 2. The largest absolute Gasteiger partial charge is 0.478 e. The first-order valence-electron chi connectivity index (χ1n) is 4.34. The Morgan fingerprint density at radius 2 is 2.08 bits per heavy atom. The minimum Gasteiger partial charge on any atom is -0.478 e. The van der Waals surface area contributed by atoms with E-state index in [-0.39, 0.29) is 5.92 Å². The van der Waals surface area contributed by atoms with E-state index in [1.165, 1.54) is 0 Å². The summed E-state index contributed by atoms with van der Waals surface area (Å²) in [4.78, 5) is 10.9. The molecular formula is C10H15NO2. The van der Waals surface area contributed by atoms with E-state index in [1.807, 2.05) is 38.6 Å². The Morgan fingerprint density at radius 3 is 2.38 bits per heavy atom. The number of aromatic nitrogens is 1. The molecule has 0 aromatic carbocycles. The summed E-state index contributed by atoms with van der Waals surface area (Å²) in [5.41, 5.74) is 2.18. The van der Waals surface area contributed by atoms with Crippen molar-refractivity contribution in [2.45, 2.75) is 26.7 Å². The lowest BCUT2D eigenvalue weighted by Crippen LogP contribution is -2.06. The smallest absolute Gasteiger partial charge is 0.337 e. The van der Waals surface area contributed by atoms with Crippen molar-refractivity contribution < 1.29 is 9.90 Å². The van der Waals surface area contributed by atoms with Gasteiger partial charge in [-0.1, -0.05) is 13.8 Å². The number of carbonyl (C=O) groups is 1. The van der Waals surface area contributed by atoms with Gasteiger partial charge in [0.05, 0.1) is 5.56 Å². The fourth-order valence-electron chi connectivity index (χ4n) is 1.78. The molecule has 0 aliphatic carbocycles. The summed E-state index contributed by atoms with van der Waals surface area (Å²) in [6.45, 7) is 5.83. The monoisotopic (exact) mass is 181 g/mol. The molecule has 0 spiro atoms. The Bertz CT molecular complexity index is 337. The van der Waals surface area contributed by atoms with Crippen LogP contribution in [0.1, 0.15) is 41.4 Å². The predicted octanol–water partition coefficient (Wildman–Crippen LogP) is 2.16. The van der Waals surface area contributed by atoms with Gasteiger partial charge in [-0.05, 0) is 18.4 Å². The molecule has 0 saturated heterocycles. The molecule has 0 bridgehead atoms. The molecule has 0 atom stereocenters. The number of carboxylic acids is 1. The Morgan fingerprint density at radius 1 is 1.54 bits per heavy atom. The fourth-order valence-corrected chi connectivity index (χ4v) is 1.78. The minimum atomic E-state index is -0.832. The molecule has 13 heavy (non-hydrogen) atoms. The van der Waals surface area contributed by atoms with Crippen LogP contribution in [0.15, 0.2) is 6.20 Å². The molecule has 0 amide bonds. The lowest BCUT2D eigenvalue weighted by Gasteiger charge is -2.08. The third-order valence-corrected chi connectivity index (χ3v) is 2.18. The molecule has 3 nitrogen and oxygen atoms in total. The number of hydrogen-bond donors (Lipinski definition) is 1. The van der Waals surface area contributed by atoms with Gasteiger partial charge in [0.25, 0.3) is 0 Å². The van der Waals surface area contributed by atoms with Gasteiger partial charge in [-0.15, -0.1) is 0 Å². The van der Waals surface area contributed by atoms with E-state index in [9.17, 15) is 4.79 Å². The molecule has 1 heterocycles. The SMILES string of the molecule is Cc1cn(C)c(C(C)C)c1C(=O)O. The lowest BCUT2D eigenvalue weighted by molar-refractivity contribution is 0.0694. The summed E-state index contributed by atoms with van der Waals surface area (Å²) in [6.07, 6.45) is 1.86. The number of aryl methyl sites for hydroxylation is 2. The summed E-state index contributed by atoms with van der Waals surface area (Å²) >= 11 is 0. The first kappa shape index (κ1) is 9.84. The second kappa shape index (κ2) is 3.24. The molecule has 0 aliphatic rings. The van der Waals surface area contributed by atoms with Gasteiger partial charge < -0.3 is 9.67 Å². The molecule has 1 N–H and O–H groups in total. The number of hydrogen-bond acceptors (Lipinski definition) is 1. The third-order valence-electron chi connectivity index (χ3n) is 2.18. The first-order chi connectivity index (χ1) is 5.95. The Hall–Kier alpha value is -1.25. The molecule has 0 saturated carbocycles. The van der Waals surface area contributed by atoms with Gasteiger partial charge in [0.1, 0.15) is 0 Å². The summed E-state index contributed by atoms with van der Waals surface area (Å²) in [5, 5.41) is 9.00. The zero-order valence-corrected chi connectivity index (χ0v) is 8.46. The number of carboxylic acid groups (broad SMARTS) is 1. The molecule has 1 aromatic heterocycles. The van der Waals surface area contributed by atoms with Crippen LogP contribution in [0.3, 0.4) is 0 Å². The average Bonchev–Trinajstić information content (AvgIpc) is 2.24. The Labute approximate surface area is 78.0 Å². The summed E-state index contributed by atoms with van der Waals surface area (Å²) < 4.78 is 1.89. The van der Waals surface area contributed by atoms with Crippen molar-refractivity contribution >= 4 is 5.97 Å². The van der Waals surface area contributed by atoms with E-state index in [0.29, 0.717) is 5.56 Å². The van der Waals surface area contributed by atoms with Crippen LogP contribution in [0, 0.1) is 6.92 Å². The van der Waals surface area contributed by atoms with Crippen molar-refractivity contribution in [3.8, 4) is 0 Å². The second-order valence-corrected chi connectivity index (χ2v) is 3.64. The maximum atomic E-state index is 10.9. The van der Waals surface area contributed by atoms with Crippen LogP contribution in [0.25, 0.3) is 0 Å². The highest BCUT2D eigenvalue weighted by atomic mass is 16.4. The van der Waals surface area contributed by atoms with Crippen LogP contribution in [-0.2, 0) is 7.05 Å². The van der Waals surface area contributed by atoms with Crippen molar-refractivity contribution in [3.63, 3.8) is 0 Å². The van der Waals surface area contributed by atoms with Gasteiger partial charge in [-0.25, -0.2) is 4.79 Å². The third kappa shape index (κ3) is 1.59. The summed E-state index contributed by atoms with van der Waals surface area (Å²) in [7, 11) is 1.88. The van der Waals surface area contributed by atoms with Gasteiger partial charge in [-0.2, -0.15) is 0 Å². The van der Waals surface area contributed by atoms with Gasteiger partial charge in [0, 0.05) is 18.9 Å². The number of nitrogens with zero attached hydrogens (tertiary/aromatic N) is 1. The van der Waals surface area contributed by atoms with Crippen LogP contribution >= 0.6 is 0 Å². The fraction of sp³-hybridized carbons (Fsp3) is 0.500. The van der Waals surface area contributed by atoms with Gasteiger partial charge in [0.2, 0.25) is 0 Å². The van der Waals surface area contributed by atoms with E-state index < -0.39 is 5.97 Å². The van der Waals surface area contributed by atoms with Gasteiger partial charge >= 0.3 is 5.97 Å². The molecule has 1 rings (SSSR count). The van der Waals surface area contributed by atoms with Gasteiger partial charge in [-0.3, -0.25) is 0 Å². The Kier molecular flexibility index (Phi) is 2.45. The molecule has 3 heteroatoms. The van der Waals surface area contributed by atoms with Crippen molar-refractivity contribution in [3.05, 3.63) is 23.0 Å². The predicted molar refractivity (Wildman–Crippen MR) is 51.2 cm³/mol. The number of aromatic carboxylic acids is 1. The maximum Gasteiger partial charge on any atom is 0.337 e. The highest BCUT2D eigenvalue weighted by Gasteiger charge is 2.19. The zero-order chi connectivity index (χ0) is 10.2. The van der Waals surface area contributed by atoms with E-state index >= 15 is 0 Å². The van der Waals surface area contributed by atoms with E-state index in [4.69, 9.17) is 5.11 Å². The first-order valence-corrected chi connectivity index (χ1v) is 4.34. The van der Waals surface area contributed by atoms with Crippen molar-refractivity contribution in [1.82, 2.24) is 4.57 Å². The molecule has 1 aromatic rings. The van der Waals surface area contributed by atoms with Crippen LogP contribution in [0.2, 0.25) is 0 Å². The van der Waals surface area contributed by atoms with Gasteiger partial charge in [0.15, 0.2) is 0 Å². The normalized spacial score (nSPS) is 10.8. The maximum absolute atomic E-state index is 10.9.